The summed E-state index contributed by atoms with van der Waals surface area (Å²) in [6.07, 6.45) is 1.49. The Kier molecular flexibility index (Phi) is 10.7. The standard InChI is InChI=1S/C21H41O6P/c1-10-17(25-9)12-26-14-19(3,4)15-28(24,16-22)21(7,8)13-20(5,6)18(23)27-11-2/h17,24H,10-15H2,1-9H3. The molecule has 0 aromatic heterocycles. The Morgan fingerprint density at radius 3 is 2.14 bits per heavy atom. The van der Waals surface area contributed by atoms with Crippen molar-refractivity contribution in [3.05, 3.63) is 0 Å². The van der Waals surface area contributed by atoms with Gasteiger partial charge < -0.3 is 19.1 Å². The highest BCUT2D eigenvalue weighted by Gasteiger charge is 2.45. The first-order chi connectivity index (χ1) is 12.7. The molecule has 0 amide bonds. The molecule has 0 spiro atoms. The second kappa shape index (κ2) is 10.9. The predicted molar refractivity (Wildman–Crippen MR) is 114 cm³/mol. The number of rotatable bonds is 13. The van der Waals surface area contributed by atoms with Crippen LogP contribution < -0.4 is 0 Å². The molecule has 166 valence electrons. The van der Waals surface area contributed by atoms with Crippen molar-refractivity contribution in [2.45, 2.75) is 79.5 Å². The maximum Gasteiger partial charge on any atom is 0.311 e. The molecule has 28 heavy (non-hydrogen) atoms. The average Bonchev–Trinajstić information content (AvgIpc) is 2.57. The molecule has 6 nitrogen and oxygen atoms in total. The van der Waals surface area contributed by atoms with Crippen molar-refractivity contribution in [2.24, 2.45) is 10.8 Å². The van der Waals surface area contributed by atoms with Gasteiger partial charge in [0, 0.05) is 18.4 Å². The van der Waals surface area contributed by atoms with E-state index in [9.17, 15) is 14.5 Å². The number of carbonyl (C=O) groups is 1. The lowest BCUT2D eigenvalue weighted by atomic mass is 9.83. The highest BCUT2D eigenvalue weighted by Crippen LogP contribution is 2.60. The highest BCUT2D eigenvalue weighted by molar-refractivity contribution is 7.70. The lowest BCUT2D eigenvalue weighted by Gasteiger charge is -2.41. The normalized spacial score (nSPS) is 16.2. The summed E-state index contributed by atoms with van der Waals surface area (Å²) in [5.74, 6) is -0.326. The second-order valence-corrected chi connectivity index (χ2v) is 12.8. The minimum atomic E-state index is -3.13. The summed E-state index contributed by atoms with van der Waals surface area (Å²) in [4.78, 5) is 35.5. The molecule has 2 atom stereocenters. The van der Waals surface area contributed by atoms with Crippen molar-refractivity contribution >= 4 is 18.7 Å². The van der Waals surface area contributed by atoms with E-state index in [-0.39, 0.29) is 18.2 Å². The van der Waals surface area contributed by atoms with Crippen LogP contribution in [0.15, 0.2) is 0 Å². The molecule has 0 aromatic carbocycles. The molecule has 0 aromatic rings. The first-order valence-electron chi connectivity index (χ1n) is 9.98. The number of methoxy groups -OCH3 is 1. The average molecular weight is 421 g/mol. The molecule has 0 saturated carbocycles. The zero-order valence-electron chi connectivity index (χ0n) is 19.3. The van der Waals surface area contributed by atoms with Gasteiger partial charge in [0.25, 0.3) is 0 Å². The fourth-order valence-electron chi connectivity index (χ4n) is 3.47. The summed E-state index contributed by atoms with van der Waals surface area (Å²) < 4.78 is 16.3. The van der Waals surface area contributed by atoms with Crippen molar-refractivity contribution in [3.63, 3.8) is 0 Å². The first kappa shape index (κ1) is 27.4. The van der Waals surface area contributed by atoms with E-state index in [1.54, 1.807) is 27.9 Å². The van der Waals surface area contributed by atoms with Crippen LogP contribution in [0.25, 0.3) is 0 Å². The van der Waals surface area contributed by atoms with E-state index in [0.717, 1.165) is 6.42 Å². The zero-order chi connectivity index (χ0) is 22.2. The van der Waals surface area contributed by atoms with Crippen LogP contribution in [0.1, 0.15) is 68.2 Å². The quantitative estimate of drug-likeness (QED) is 0.355. The monoisotopic (exact) mass is 420 g/mol. The van der Waals surface area contributed by atoms with Gasteiger partial charge in [0.2, 0.25) is 0 Å². The fraction of sp³-hybridized carbons (Fsp3) is 0.905. The Balaban J connectivity index is 5.31. The molecule has 0 heterocycles. The van der Waals surface area contributed by atoms with E-state index in [2.05, 4.69) is 0 Å². The smallest absolute Gasteiger partial charge is 0.311 e. The van der Waals surface area contributed by atoms with E-state index in [0.29, 0.717) is 26.2 Å². The minimum absolute atomic E-state index is 0.0314. The third-order valence-corrected chi connectivity index (χ3v) is 8.87. The van der Waals surface area contributed by atoms with E-state index >= 15 is 0 Å². The predicted octanol–water partition coefficient (Wildman–Crippen LogP) is 4.20. The van der Waals surface area contributed by atoms with Gasteiger partial charge in [-0.15, -0.1) is 0 Å². The van der Waals surface area contributed by atoms with E-state index in [4.69, 9.17) is 14.2 Å². The van der Waals surface area contributed by atoms with Crippen LogP contribution in [-0.2, 0) is 23.8 Å². The van der Waals surface area contributed by atoms with Crippen LogP contribution in [0.2, 0.25) is 0 Å². The number of hydrogen-bond acceptors (Lipinski definition) is 6. The van der Waals surface area contributed by atoms with Gasteiger partial charge in [-0.05, 0) is 39.0 Å². The maximum atomic E-state index is 12.3. The Labute approximate surface area is 171 Å². The Bertz CT molecular complexity index is 571. The van der Waals surface area contributed by atoms with Crippen molar-refractivity contribution < 1.29 is 28.7 Å². The molecule has 0 saturated heterocycles. The third-order valence-electron chi connectivity index (χ3n) is 5.10. The fourth-order valence-corrected chi connectivity index (χ4v) is 6.19. The lowest BCUT2D eigenvalue weighted by Crippen LogP contribution is -2.38. The van der Waals surface area contributed by atoms with Gasteiger partial charge in [-0.3, -0.25) is 4.79 Å². The number of hydrogen-bond donors (Lipinski definition) is 1. The molecule has 0 aliphatic carbocycles. The van der Waals surface area contributed by atoms with Gasteiger partial charge in [-0.25, -0.2) is 4.79 Å². The van der Waals surface area contributed by atoms with Crippen LogP contribution in [0, 0.1) is 10.8 Å². The van der Waals surface area contributed by atoms with Gasteiger partial charge in [0.15, 0.2) is 0 Å². The summed E-state index contributed by atoms with van der Waals surface area (Å²) in [5, 5.41) is -0.777. The van der Waals surface area contributed by atoms with E-state index in [1.165, 1.54) is 0 Å². The molecular weight excluding hydrogens is 379 g/mol. The first-order valence-corrected chi connectivity index (χ1v) is 11.9. The van der Waals surface area contributed by atoms with E-state index in [1.807, 2.05) is 40.3 Å². The van der Waals surface area contributed by atoms with Crippen molar-refractivity contribution in [3.8, 4) is 0 Å². The Morgan fingerprint density at radius 1 is 1.14 bits per heavy atom. The summed E-state index contributed by atoms with van der Waals surface area (Å²) in [7, 11) is -1.48. The van der Waals surface area contributed by atoms with Gasteiger partial charge in [0.05, 0.1) is 38.5 Å². The molecule has 0 fully saturated rings. The largest absolute Gasteiger partial charge is 0.466 e. The molecule has 0 aliphatic rings. The SMILES string of the molecule is CCOC(=O)C(C)(C)CC(C)(C)P(O)(=C=O)CC(C)(C)COCC(CC)OC. The highest BCUT2D eigenvalue weighted by atomic mass is 31.2. The topological polar surface area (TPSA) is 82.1 Å². The minimum Gasteiger partial charge on any atom is -0.466 e. The van der Waals surface area contributed by atoms with Crippen LogP contribution in [0.3, 0.4) is 0 Å². The lowest BCUT2D eigenvalue weighted by molar-refractivity contribution is -0.154. The van der Waals surface area contributed by atoms with Gasteiger partial charge in [-0.1, -0.05) is 34.6 Å². The van der Waals surface area contributed by atoms with Crippen molar-refractivity contribution in [1.82, 2.24) is 0 Å². The maximum absolute atomic E-state index is 12.3. The summed E-state index contributed by atoms with van der Waals surface area (Å²) >= 11 is 0. The molecule has 0 bridgehead atoms. The van der Waals surface area contributed by atoms with Gasteiger partial charge in [-0.2, -0.15) is 0 Å². The molecule has 0 aliphatic heterocycles. The van der Waals surface area contributed by atoms with Gasteiger partial charge >= 0.3 is 5.97 Å². The third kappa shape index (κ3) is 8.00. The van der Waals surface area contributed by atoms with E-state index < -0.39 is 23.1 Å². The van der Waals surface area contributed by atoms with Crippen LogP contribution >= 0.6 is 7.11 Å². The number of carbonyl (C=O) groups excluding carboxylic acids is 2. The van der Waals surface area contributed by atoms with Crippen LogP contribution in [0.5, 0.6) is 0 Å². The summed E-state index contributed by atoms with van der Waals surface area (Å²) in [6.45, 7) is 16.1. The Hall–Kier alpha value is -0.640. The van der Waals surface area contributed by atoms with Gasteiger partial charge in [0.1, 0.15) is 5.66 Å². The van der Waals surface area contributed by atoms with Crippen molar-refractivity contribution in [1.29, 1.82) is 0 Å². The van der Waals surface area contributed by atoms with Crippen molar-refractivity contribution in [2.75, 3.05) is 33.1 Å². The Morgan fingerprint density at radius 2 is 1.71 bits per heavy atom. The van der Waals surface area contributed by atoms with Crippen LogP contribution in [-0.4, -0.2) is 60.9 Å². The summed E-state index contributed by atoms with van der Waals surface area (Å²) in [6, 6.07) is 0. The zero-order valence-corrected chi connectivity index (χ0v) is 20.2. The summed E-state index contributed by atoms with van der Waals surface area (Å²) in [5.41, 5.74) is 0.747. The number of ether oxygens (including phenoxy) is 3. The second-order valence-electron chi connectivity index (χ2n) is 9.56. The molecule has 0 radical (unpaired) electrons. The molecule has 0 rings (SSSR count). The molecule has 7 heteroatoms. The molecule has 2 unspecified atom stereocenters. The molecular formula is C21H41O6P. The van der Waals surface area contributed by atoms with Crippen LogP contribution in [0.4, 0.5) is 0 Å². The molecule has 1 N–H and O–H groups in total. The number of esters is 1.